The lowest BCUT2D eigenvalue weighted by molar-refractivity contribution is -0.173. The number of nitrogen functional groups attached to an aromatic ring is 1. The molecule has 41 heavy (non-hydrogen) atoms. The Balaban J connectivity index is 1.52. The molecule has 1 fully saturated rings. The second-order valence-electron chi connectivity index (χ2n) is 9.61. The SMILES string of the molecule is CO/N=C(/C(=O)NC1C(=O)N2C(C(=O)OCOC(=O)C(C)(C)C)=C(CSc3nnnn3C)CSC12)c1csc(N)n1. The summed E-state index contributed by atoms with van der Waals surface area (Å²) >= 11 is 3.75. The summed E-state index contributed by atoms with van der Waals surface area (Å²) in [6.45, 7) is 4.37. The largest absolute Gasteiger partial charge is 0.427 e. The number of nitrogens with two attached hydrogens (primary N) is 1. The van der Waals surface area contributed by atoms with Crippen molar-refractivity contribution in [1.29, 1.82) is 0 Å². The number of thiazole rings is 1. The second-order valence-corrected chi connectivity index (χ2v) is 12.5. The molecule has 3 N–H and O–H groups in total. The molecule has 2 aliphatic heterocycles. The van der Waals surface area contributed by atoms with Gasteiger partial charge in [0.25, 0.3) is 11.8 Å². The molecule has 2 aromatic heterocycles. The number of rotatable bonds is 10. The van der Waals surface area contributed by atoms with Crippen LogP contribution in [0.2, 0.25) is 0 Å². The van der Waals surface area contributed by atoms with E-state index in [9.17, 15) is 19.2 Å². The van der Waals surface area contributed by atoms with Crippen LogP contribution in [0.3, 0.4) is 0 Å². The molecule has 0 aromatic carbocycles. The fraction of sp³-hybridized carbons (Fsp3) is 0.500. The number of carbonyl (C=O) groups excluding carboxylic acids is 4. The van der Waals surface area contributed by atoms with Crippen LogP contribution in [0.4, 0.5) is 5.13 Å². The molecule has 2 aromatic rings. The molecule has 2 atom stereocenters. The summed E-state index contributed by atoms with van der Waals surface area (Å²) in [5.74, 6) is -2.02. The summed E-state index contributed by atoms with van der Waals surface area (Å²) in [6, 6.07) is -0.968. The lowest BCUT2D eigenvalue weighted by Gasteiger charge is -2.49. The first-order chi connectivity index (χ1) is 19.4. The lowest BCUT2D eigenvalue weighted by Crippen LogP contribution is -2.71. The molecule has 0 aliphatic carbocycles. The molecule has 4 rings (SSSR count). The summed E-state index contributed by atoms with van der Waals surface area (Å²) in [5.41, 5.74) is 5.52. The molecule has 2 unspecified atom stereocenters. The Bertz CT molecular complexity index is 1420. The van der Waals surface area contributed by atoms with Gasteiger partial charge in [-0.05, 0) is 36.8 Å². The van der Waals surface area contributed by atoms with Gasteiger partial charge in [-0.25, -0.2) is 14.5 Å². The van der Waals surface area contributed by atoms with Gasteiger partial charge in [-0.3, -0.25) is 19.3 Å². The number of oxime groups is 1. The van der Waals surface area contributed by atoms with Gasteiger partial charge in [0, 0.05) is 23.9 Å². The summed E-state index contributed by atoms with van der Waals surface area (Å²) in [7, 11) is 2.95. The summed E-state index contributed by atoms with van der Waals surface area (Å²) in [6.07, 6.45) is 0. The number of fused-ring (bicyclic) bond motifs is 1. The zero-order valence-corrected chi connectivity index (χ0v) is 25.1. The van der Waals surface area contributed by atoms with E-state index in [1.54, 1.807) is 27.8 Å². The van der Waals surface area contributed by atoms with Crippen LogP contribution in [0.5, 0.6) is 0 Å². The number of thioether (sulfide) groups is 2. The van der Waals surface area contributed by atoms with E-state index in [0.29, 0.717) is 16.5 Å². The molecular weight excluding hydrogens is 598 g/mol. The molecule has 1 saturated heterocycles. The normalized spacial score (nSPS) is 18.9. The minimum atomic E-state index is -0.968. The third kappa shape index (κ3) is 6.62. The molecule has 2 aliphatic rings. The number of aromatic nitrogens is 5. The Morgan fingerprint density at radius 3 is 2.66 bits per heavy atom. The van der Waals surface area contributed by atoms with Crippen LogP contribution in [-0.4, -0.2) is 96.4 Å². The third-order valence-electron chi connectivity index (χ3n) is 5.64. The van der Waals surface area contributed by atoms with Crippen molar-refractivity contribution in [3.63, 3.8) is 0 Å². The number of tetrazole rings is 1. The molecule has 0 bridgehead atoms. The molecule has 220 valence electrons. The van der Waals surface area contributed by atoms with Gasteiger partial charge in [0.1, 0.15) is 29.9 Å². The number of hydrogen-bond donors (Lipinski definition) is 2. The highest BCUT2D eigenvalue weighted by atomic mass is 32.2. The van der Waals surface area contributed by atoms with E-state index in [-0.39, 0.29) is 28.0 Å². The van der Waals surface area contributed by atoms with Crippen molar-refractivity contribution in [3.8, 4) is 0 Å². The van der Waals surface area contributed by atoms with Crippen LogP contribution in [0.25, 0.3) is 0 Å². The van der Waals surface area contributed by atoms with Gasteiger partial charge in [0.2, 0.25) is 11.9 Å². The van der Waals surface area contributed by atoms with Gasteiger partial charge in [-0.1, -0.05) is 16.9 Å². The number of β-lactam (4-membered cyclic amide) rings is 1. The van der Waals surface area contributed by atoms with Crippen molar-refractivity contribution < 1.29 is 33.5 Å². The van der Waals surface area contributed by atoms with E-state index in [1.807, 2.05) is 0 Å². The van der Waals surface area contributed by atoms with Gasteiger partial charge >= 0.3 is 11.9 Å². The molecule has 0 spiro atoms. The molecule has 0 saturated carbocycles. The van der Waals surface area contributed by atoms with Crippen LogP contribution >= 0.6 is 34.9 Å². The van der Waals surface area contributed by atoms with Crippen molar-refractivity contribution in [3.05, 3.63) is 22.3 Å². The molecular formula is C22H27N9O7S3. The number of aryl methyl sites for hydroxylation is 1. The minimum Gasteiger partial charge on any atom is -0.427 e. The number of nitrogens with one attached hydrogen (secondary N) is 1. The molecule has 19 heteroatoms. The van der Waals surface area contributed by atoms with Crippen LogP contribution < -0.4 is 11.1 Å². The zero-order valence-electron chi connectivity index (χ0n) is 22.6. The molecule has 16 nitrogen and oxygen atoms in total. The zero-order chi connectivity index (χ0) is 29.9. The number of amides is 2. The van der Waals surface area contributed by atoms with Gasteiger partial charge in [-0.2, -0.15) is 0 Å². The smallest absolute Gasteiger partial charge is 0.357 e. The quantitative estimate of drug-likeness (QED) is 0.0899. The van der Waals surface area contributed by atoms with Crippen molar-refractivity contribution in [2.75, 3.05) is 31.1 Å². The van der Waals surface area contributed by atoms with Crippen molar-refractivity contribution in [2.24, 2.45) is 17.6 Å². The van der Waals surface area contributed by atoms with Crippen molar-refractivity contribution >= 4 is 69.5 Å². The fourth-order valence-electron chi connectivity index (χ4n) is 3.60. The van der Waals surface area contributed by atoms with Crippen molar-refractivity contribution in [1.82, 2.24) is 35.4 Å². The van der Waals surface area contributed by atoms with Crippen LogP contribution in [0.15, 0.2) is 27.0 Å². The number of anilines is 1. The Kier molecular flexibility index (Phi) is 9.17. The van der Waals surface area contributed by atoms with Gasteiger partial charge in [0.05, 0.1) is 5.41 Å². The standard InChI is InChI=1S/C22H27N9O7S3/c1-22(2,3)19(35)38-9-37-18(34)14-10(7-41-21-26-28-29-30(21)4)6-39-17-13(16(33)31(14)17)25-15(32)12(27-36-5)11-8-40-20(23)24-11/h8,13,17H,6-7,9H2,1-5H3,(H2,23,24)(H,25,32)/b27-12+. The summed E-state index contributed by atoms with van der Waals surface area (Å²) in [5, 5.41) is 19.4. The first-order valence-corrected chi connectivity index (χ1v) is 14.8. The van der Waals surface area contributed by atoms with E-state index in [0.717, 1.165) is 11.3 Å². The van der Waals surface area contributed by atoms with E-state index < -0.39 is 47.4 Å². The first-order valence-electron chi connectivity index (χ1n) is 11.9. The average molecular weight is 626 g/mol. The monoisotopic (exact) mass is 625 g/mol. The van der Waals surface area contributed by atoms with E-state index in [1.165, 1.54) is 45.6 Å². The third-order valence-corrected chi connectivity index (χ3v) is 8.75. The Labute approximate surface area is 246 Å². The number of ether oxygens (including phenoxy) is 2. The highest BCUT2D eigenvalue weighted by Crippen LogP contribution is 2.42. The van der Waals surface area contributed by atoms with Crippen LogP contribution in [-0.2, 0) is 40.5 Å². The van der Waals surface area contributed by atoms with Crippen molar-refractivity contribution in [2.45, 2.75) is 37.3 Å². The van der Waals surface area contributed by atoms with Gasteiger partial charge in [-0.15, -0.1) is 28.2 Å². The maximum Gasteiger partial charge on any atom is 0.357 e. The maximum absolute atomic E-state index is 13.3. The summed E-state index contributed by atoms with van der Waals surface area (Å²) in [4.78, 5) is 61.8. The van der Waals surface area contributed by atoms with E-state index in [4.69, 9.17) is 20.0 Å². The highest BCUT2D eigenvalue weighted by molar-refractivity contribution is 8.01. The topological polar surface area (TPSA) is 206 Å². The Morgan fingerprint density at radius 1 is 1.29 bits per heavy atom. The predicted molar refractivity (Wildman–Crippen MR) is 148 cm³/mol. The minimum absolute atomic E-state index is 0.0109. The Morgan fingerprint density at radius 2 is 2.05 bits per heavy atom. The van der Waals surface area contributed by atoms with E-state index in [2.05, 4.69) is 31.0 Å². The first kappa shape index (κ1) is 30.3. The summed E-state index contributed by atoms with van der Waals surface area (Å²) < 4.78 is 11.8. The number of esters is 2. The van der Waals surface area contributed by atoms with Gasteiger partial charge < -0.3 is 25.4 Å². The average Bonchev–Trinajstić information content (AvgIpc) is 3.54. The number of nitrogens with zero attached hydrogens (tertiary/aromatic N) is 7. The molecule has 2 amide bonds. The van der Waals surface area contributed by atoms with Gasteiger partial charge in [0.15, 0.2) is 10.8 Å². The number of hydrogen-bond acceptors (Lipinski definition) is 16. The molecule has 0 radical (unpaired) electrons. The predicted octanol–water partition coefficient (Wildman–Crippen LogP) is 0.136. The number of carbonyl (C=O) groups is 4. The highest BCUT2D eigenvalue weighted by Gasteiger charge is 2.54. The maximum atomic E-state index is 13.3. The van der Waals surface area contributed by atoms with Crippen LogP contribution in [0.1, 0.15) is 26.5 Å². The van der Waals surface area contributed by atoms with E-state index >= 15 is 0 Å². The van der Waals surface area contributed by atoms with Crippen LogP contribution in [0, 0.1) is 5.41 Å². The second kappa shape index (κ2) is 12.4. The fourth-order valence-corrected chi connectivity index (χ4v) is 6.48. The molecule has 4 heterocycles. The lowest BCUT2D eigenvalue weighted by atomic mass is 9.98. The Hall–Kier alpha value is -3.71.